The lowest BCUT2D eigenvalue weighted by Gasteiger charge is -2.46. The molecule has 0 amide bonds. The van der Waals surface area contributed by atoms with Gasteiger partial charge >= 0.3 is 0 Å². The zero-order chi connectivity index (χ0) is 18.9. The molecule has 5 rings (SSSR count). The predicted octanol–water partition coefficient (Wildman–Crippen LogP) is 5.42. The van der Waals surface area contributed by atoms with Crippen LogP contribution in [0.4, 0.5) is 0 Å². The summed E-state index contributed by atoms with van der Waals surface area (Å²) in [4.78, 5) is 8.21. The Balaban J connectivity index is 1.71. The van der Waals surface area contributed by atoms with Gasteiger partial charge in [-0.25, -0.2) is 4.98 Å². The van der Waals surface area contributed by atoms with E-state index in [-0.39, 0.29) is 5.60 Å². The number of aromatic nitrogens is 2. The number of aromatic hydroxyl groups is 1. The van der Waals surface area contributed by atoms with Crippen LogP contribution < -0.4 is 4.74 Å². The van der Waals surface area contributed by atoms with Crippen molar-refractivity contribution in [3.63, 3.8) is 0 Å². The number of aromatic amines is 1. The van der Waals surface area contributed by atoms with Gasteiger partial charge in [0.05, 0.1) is 16.6 Å². The molecule has 1 aliphatic carbocycles. The third-order valence-corrected chi connectivity index (χ3v) is 6.78. The summed E-state index contributed by atoms with van der Waals surface area (Å²) in [5.74, 6) is 2.01. The number of hydrogen-bond acceptors (Lipinski definition) is 3. The largest absolute Gasteiger partial charge is 0.507 e. The summed E-state index contributed by atoms with van der Waals surface area (Å²) >= 11 is 0. The first-order chi connectivity index (χ1) is 12.9. The highest BCUT2D eigenvalue weighted by atomic mass is 16.5. The van der Waals surface area contributed by atoms with Gasteiger partial charge in [0.15, 0.2) is 0 Å². The van der Waals surface area contributed by atoms with Crippen molar-refractivity contribution in [3.8, 4) is 22.9 Å². The van der Waals surface area contributed by atoms with Gasteiger partial charge in [-0.05, 0) is 88.6 Å². The quantitative estimate of drug-likeness (QED) is 0.608. The molecule has 27 heavy (non-hydrogen) atoms. The number of nitrogens with zero attached hydrogens (tertiary/aromatic N) is 1. The van der Waals surface area contributed by atoms with Gasteiger partial charge < -0.3 is 14.8 Å². The minimum atomic E-state index is 0.0283. The van der Waals surface area contributed by atoms with E-state index in [9.17, 15) is 5.11 Å². The summed E-state index contributed by atoms with van der Waals surface area (Å²) in [5, 5.41) is 11.0. The molecule has 2 aliphatic rings. The molecule has 1 aromatic heterocycles. The van der Waals surface area contributed by atoms with Crippen LogP contribution in [0.15, 0.2) is 12.1 Å². The zero-order valence-corrected chi connectivity index (χ0v) is 16.5. The van der Waals surface area contributed by atoms with E-state index in [2.05, 4.69) is 37.9 Å². The third-order valence-electron chi connectivity index (χ3n) is 6.78. The van der Waals surface area contributed by atoms with E-state index in [1.165, 1.54) is 17.5 Å². The van der Waals surface area contributed by atoms with Crippen LogP contribution in [0.25, 0.3) is 22.4 Å². The van der Waals surface area contributed by atoms with E-state index in [0.717, 1.165) is 64.7 Å². The van der Waals surface area contributed by atoms with Crippen molar-refractivity contribution >= 4 is 11.0 Å². The Labute approximate surface area is 159 Å². The standard InChI is InChI=1S/C23H26N2O2/c1-12-10-17-18(11-13(12)2)25-22(24-17)19-15(4)21-16(14(3)20(19)26)6-9-23(27-21)7-5-8-23/h10-11,26H,5-9H2,1-4H3,(H,24,25). The van der Waals surface area contributed by atoms with Crippen LogP contribution in [0.3, 0.4) is 0 Å². The minimum absolute atomic E-state index is 0.0283. The molecule has 0 unspecified atom stereocenters. The van der Waals surface area contributed by atoms with E-state index in [1.807, 2.05) is 6.92 Å². The maximum atomic E-state index is 11.0. The second-order valence-electron chi connectivity index (χ2n) is 8.46. The molecule has 2 N–H and O–H groups in total. The Kier molecular flexibility index (Phi) is 3.40. The zero-order valence-electron chi connectivity index (χ0n) is 16.5. The number of aryl methyl sites for hydroxylation is 2. The van der Waals surface area contributed by atoms with E-state index in [1.54, 1.807) is 0 Å². The molecule has 1 spiro atoms. The fourth-order valence-electron chi connectivity index (χ4n) is 4.68. The first-order valence-corrected chi connectivity index (χ1v) is 9.90. The van der Waals surface area contributed by atoms with Crippen LogP contribution >= 0.6 is 0 Å². The molecule has 2 heterocycles. The van der Waals surface area contributed by atoms with Crippen molar-refractivity contribution in [3.05, 3.63) is 39.9 Å². The summed E-state index contributed by atoms with van der Waals surface area (Å²) in [5.41, 5.74) is 8.26. The van der Waals surface area contributed by atoms with E-state index >= 15 is 0 Å². The topological polar surface area (TPSA) is 58.1 Å². The number of hydrogen-bond donors (Lipinski definition) is 2. The fraction of sp³-hybridized carbons (Fsp3) is 0.435. The number of phenolic OH excluding ortho intramolecular Hbond substituents is 1. The number of H-pyrrole nitrogens is 1. The predicted molar refractivity (Wildman–Crippen MR) is 108 cm³/mol. The molecule has 4 nitrogen and oxygen atoms in total. The van der Waals surface area contributed by atoms with Crippen molar-refractivity contribution in [2.75, 3.05) is 0 Å². The van der Waals surface area contributed by atoms with Crippen molar-refractivity contribution in [2.45, 2.75) is 65.4 Å². The fourth-order valence-corrected chi connectivity index (χ4v) is 4.68. The molecule has 1 fully saturated rings. The molecule has 2 aromatic carbocycles. The van der Waals surface area contributed by atoms with Crippen LogP contribution in [0.5, 0.6) is 11.5 Å². The Hall–Kier alpha value is -2.49. The summed E-state index contributed by atoms with van der Waals surface area (Å²) in [6, 6.07) is 4.22. The number of fused-ring (bicyclic) bond motifs is 2. The Morgan fingerprint density at radius 1 is 1.04 bits per heavy atom. The van der Waals surface area contributed by atoms with Gasteiger partial charge in [0.2, 0.25) is 0 Å². The molecule has 140 valence electrons. The Morgan fingerprint density at radius 3 is 2.48 bits per heavy atom. The lowest BCUT2D eigenvalue weighted by atomic mass is 9.73. The monoisotopic (exact) mass is 362 g/mol. The average Bonchev–Trinajstić information content (AvgIpc) is 3.00. The SMILES string of the molecule is Cc1cc2nc(-c3c(C)c4c(c(C)c3O)CCC3(CCC3)O4)[nH]c2cc1C. The van der Waals surface area contributed by atoms with Gasteiger partial charge in [-0.1, -0.05) is 0 Å². The molecule has 3 aromatic rings. The summed E-state index contributed by atoms with van der Waals surface area (Å²) < 4.78 is 6.54. The molecule has 0 bridgehead atoms. The van der Waals surface area contributed by atoms with Gasteiger partial charge in [0.1, 0.15) is 22.9 Å². The number of imidazole rings is 1. The highest BCUT2D eigenvalue weighted by Gasteiger charge is 2.43. The number of ether oxygens (including phenoxy) is 1. The second kappa shape index (κ2) is 5.51. The number of phenols is 1. The van der Waals surface area contributed by atoms with Crippen LogP contribution in [-0.2, 0) is 6.42 Å². The molecule has 1 aliphatic heterocycles. The van der Waals surface area contributed by atoms with Gasteiger partial charge in [-0.15, -0.1) is 0 Å². The molecule has 1 saturated carbocycles. The first kappa shape index (κ1) is 16.7. The van der Waals surface area contributed by atoms with Gasteiger partial charge in [-0.2, -0.15) is 0 Å². The normalized spacial score (nSPS) is 17.6. The summed E-state index contributed by atoms with van der Waals surface area (Å²) in [6.07, 6.45) is 5.58. The summed E-state index contributed by atoms with van der Waals surface area (Å²) in [7, 11) is 0. The van der Waals surface area contributed by atoms with Crippen LogP contribution in [0.2, 0.25) is 0 Å². The molecule has 0 atom stereocenters. The van der Waals surface area contributed by atoms with Gasteiger partial charge in [-0.3, -0.25) is 0 Å². The maximum absolute atomic E-state index is 11.0. The van der Waals surface area contributed by atoms with Crippen molar-refractivity contribution in [1.29, 1.82) is 0 Å². The van der Waals surface area contributed by atoms with Crippen LogP contribution in [-0.4, -0.2) is 20.7 Å². The third kappa shape index (κ3) is 2.32. The van der Waals surface area contributed by atoms with E-state index < -0.39 is 0 Å². The first-order valence-electron chi connectivity index (χ1n) is 9.90. The van der Waals surface area contributed by atoms with Gasteiger partial charge in [0, 0.05) is 11.1 Å². The van der Waals surface area contributed by atoms with Crippen molar-refractivity contribution in [2.24, 2.45) is 0 Å². The smallest absolute Gasteiger partial charge is 0.142 e. The van der Waals surface area contributed by atoms with E-state index in [4.69, 9.17) is 9.72 Å². The van der Waals surface area contributed by atoms with Crippen LogP contribution in [0, 0.1) is 27.7 Å². The minimum Gasteiger partial charge on any atom is -0.507 e. The molecule has 0 saturated heterocycles. The number of nitrogens with one attached hydrogen (secondary N) is 1. The highest BCUT2D eigenvalue weighted by molar-refractivity contribution is 5.84. The molecule has 0 radical (unpaired) electrons. The van der Waals surface area contributed by atoms with Crippen LogP contribution in [0.1, 0.15) is 53.5 Å². The molecular weight excluding hydrogens is 336 g/mol. The Morgan fingerprint density at radius 2 is 1.78 bits per heavy atom. The Bertz CT molecular complexity index is 1050. The van der Waals surface area contributed by atoms with Gasteiger partial charge in [0.25, 0.3) is 0 Å². The van der Waals surface area contributed by atoms with E-state index in [0.29, 0.717) is 11.6 Å². The highest BCUT2D eigenvalue weighted by Crippen LogP contribution is 2.51. The molecule has 4 heteroatoms. The number of benzene rings is 2. The van der Waals surface area contributed by atoms with Crippen molar-refractivity contribution in [1.82, 2.24) is 9.97 Å². The lowest BCUT2D eigenvalue weighted by molar-refractivity contribution is -0.0256. The second-order valence-corrected chi connectivity index (χ2v) is 8.46. The van der Waals surface area contributed by atoms with Crippen molar-refractivity contribution < 1.29 is 9.84 Å². The maximum Gasteiger partial charge on any atom is 0.142 e. The average molecular weight is 362 g/mol. The molecular formula is C23H26N2O2. The lowest BCUT2D eigenvalue weighted by Crippen LogP contribution is -2.46. The summed E-state index contributed by atoms with van der Waals surface area (Å²) in [6.45, 7) is 8.25. The number of rotatable bonds is 1.